The lowest BCUT2D eigenvalue weighted by atomic mass is 10.1. The molecule has 0 fully saturated rings. The molecule has 0 radical (unpaired) electrons. The van der Waals surface area contributed by atoms with E-state index in [0.717, 1.165) is 12.8 Å². The number of unbranched alkanes of at least 4 members (excludes halogenated alkanes) is 4. The van der Waals surface area contributed by atoms with Crippen LogP contribution in [-0.2, 0) is 9.22 Å². The lowest BCUT2D eigenvalue weighted by molar-refractivity contribution is -0.135. The van der Waals surface area contributed by atoms with Crippen LogP contribution in [0.3, 0.4) is 0 Å². The first-order chi connectivity index (χ1) is 7.40. The Morgan fingerprint density at radius 2 is 1.69 bits per heavy atom. The van der Waals surface area contributed by atoms with Gasteiger partial charge in [0.2, 0.25) is 0 Å². The molecule has 0 heterocycles. The third-order valence-corrected chi connectivity index (χ3v) is 6.79. The van der Waals surface area contributed by atoms with Gasteiger partial charge in [-0.2, -0.15) is 0 Å². The summed E-state index contributed by atoms with van der Waals surface area (Å²) in [6.45, 7) is 10.7. The second kappa shape index (κ2) is 7.88. The lowest BCUT2D eigenvalue weighted by Gasteiger charge is -2.26. The van der Waals surface area contributed by atoms with Crippen molar-refractivity contribution in [3.63, 3.8) is 0 Å². The van der Waals surface area contributed by atoms with Crippen LogP contribution in [0.1, 0.15) is 59.3 Å². The van der Waals surface area contributed by atoms with Crippen molar-refractivity contribution < 1.29 is 9.22 Å². The summed E-state index contributed by atoms with van der Waals surface area (Å²) in [5.74, 6) is 0.0156. The van der Waals surface area contributed by atoms with Crippen LogP contribution in [0.15, 0.2) is 0 Å². The molecule has 0 saturated carbocycles. The van der Waals surface area contributed by atoms with Crippen LogP contribution in [-0.4, -0.2) is 14.3 Å². The summed E-state index contributed by atoms with van der Waals surface area (Å²) in [6, 6.07) is 0. The quantitative estimate of drug-likeness (QED) is 0.464. The molecule has 0 bridgehead atoms. The minimum Gasteiger partial charge on any atom is -0.519 e. The fourth-order valence-electron chi connectivity index (χ4n) is 1.34. The van der Waals surface area contributed by atoms with Crippen LogP contribution in [0.25, 0.3) is 0 Å². The highest BCUT2D eigenvalue weighted by Crippen LogP contribution is 2.22. The van der Waals surface area contributed by atoms with E-state index in [1.807, 2.05) is 0 Å². The summed E-state index contributed by atoms with van der Waals surface area (Å²) in [7, 11) is -1.77. The zero-order chi connectivity index (χ0) is 12.6. The molecule has 3 heteroatoms. The van der Waals surface area contributed by atoms with Crippen molar-refractivity contribution in [2.24, 2.45) is 0 Å². The molecule has 0 aliphatic carbocycles. The minimum absolute atomic E-state index is 0.0156. The van der Waals surface area contributed by atoms with Gasteiger partial charge in [0.05, 0.1) is 0 Å². The zero-order valence-electron chi connectivity index (χ0n) is 11.6. The number of hydrogen-bond donors (Lipinski definition) is 0. The van der Waals surface area contributed by atoms with Crippen LogP contribution < -0.4 is 0 Å². The van der Waals surface area contributed by atoms with Gasteiger partial charge in [-0.05, 0) is 25.1 Å². The second-order valence-corrected chi connectivity index (χ2v) is 9.96. The second-order valence-electron chi connectivity index (χ2n) is 5.40. The molecule has 0 aromatic rings. The molecule has 96 valence electrons. The number of carbonyl (C=O) groups excluding carboxylic acids is 1. The normalized spacial score (nSPS) is 11.9. The van der Waals surface area contributed by atoms with E-state index in [4.69, 9.17) is 4.43 Å². The third kappa shape index (κ3) is 7.04. The van der Waals surface area contributed by atoms with E-state index in [9.17, 15) is 4.79 Å². The minimum atomic E-state index is -1.77. The summed E-state index contributed by atoms with van der Waals surface area (Å²) in [5, 5.41) is 0. The molecule has 16 heavy (non-hydrogen) atoms. The summed E-state index contributed by atoms with van der Waals surface area (Å²) < 4.78 is 5.61. The molecule has 0 aliphatic heterocycles. The van der Waals surface area contributed by atoms with Crippen molar-refractivity contribution in [3.05, 3.63) is 0 Å². The molecule has 0 spiro atoms. The Morgan fingerprint density at radius 3 is 2.19 bits per heavy atom. The Kier molecular flexibility index (Phi) is 7.72. The van der Waals surface area contributed by atoms with Gasteiger partial charge >= 0.3 is 0 Å². The number of rotatable bonds is 8. The fraction of sp³-hybridized carbons (Fsp3) is 0.923. The molecule has 0 unspecified atom stereocenters. The van der Waals surface area contributed by atoms with Crippen molar-refractivity contribution >= 4 is 14.3 Å². The molecule has 0 saturated heterocycles. The van der Waals surface area contributed by atoms with Crippen LogP contribution in [0.2, 0.25) is 18.6 Å². The largest absolute Gasteiger partial charge is 0.519 e. The Labute approximate surface area is 102 Å². The molecule has 2 nitrogen and oxygen atoms in total. The molecule has 0 N–H and O–H groups in total. The molecule has 0 aromatic heterocycles. The Balaban J connectivity index is 3.66. The number of carbonyl (C=O) groups is 1. The Bertz CT molecular complexity index is 200. The topological polar surface area (TPSA) is 26.3 Å². The Morgan fingerprint density at radius 1 is 1.12 bits per heavy atom. The van der Waals surface area contributed by atoms with Crippen molar-refractivity contribution in [1.82, 2.24) is 0 Å². The SMILES string of the molecule is CCCCCCCC(=O)O[Si](C)(C)C(C)C. The first-order valence-corrected chi connectivity index (χ1v) is 9.60. The van der Waals surface area contributed by atoms with Crippen molar-refractivity contribution in [3.8, 4) is 0 Å². The standard InChI is InChI=1S/C13H28O2Si/c1-6-7-8-9-10-11-13(14)15-16(4,5)12(2)3/h12H,6-11H2,1-5H3. The highest BCUT2D eigenvalue weighted by atomic mass is 28.4. The Hall–Kier alpha value is -0.313. The average molecular weight is 244 g/mol. The van der Waals surface area contributed by atoms with Gasteiger partial charge < -0.3 is 4.43 Å². The van der Waals surface area contributed by atoms with Crippen LogP contribution in [0, 0.1) is 0 Å². The predicted molar refractivity (Wildman–Crippen MR) is 72.0 cm³/mol. The van der Waals surface area contributed by atoms with Gasteiger partial charge in [0, 0.05) is 6.42 Å². The van der Waals surface area contributed by atoms with Crippen LogP contribution >= 0.6 is 0 Å². The van der Waals surface area contributed by atoms with E-state index in [1.54, 1.807) is 0 Å². The van der Waals surface area contributed by atoms with E-state index < -0.39 is 8.32 Å². The van der Waals surface area contributed by atoms with Crippen molar-refractivity contribution in [2.75, 3.05) is 0 Å². The molecule has 0 rings (SSSR count). The van der Waals surface area contributed by atoms with Crippen molar-refractivity contribution in [1.29, 1.82) is 0 Å². The first kappa shape index (κ1) is 15.7. The molecule has 0 aliphatic rings. The smallest absolute Gasteiger partial charge is 0.292 e. The van der Waals surface area contributed by atoms with Gasteiger partial charge in [0.1, 0.15) is 0 Å². The van der Waals surface area contributed by atoms with E-state index in [2.05, 4.69) is 33.9 Å². The maximum atomic E-state index is 11.6. The molecule has 0 amide bonds. The van der Waals surface area contributed by atoms with Gasteiger partial charge in [-0.3, -0.25) is 4.79 Å². The lowest BCUT2D eigenvalue weighted by Crippen LogP contribution is -2.36. The van der Waals surface area contributed by atoms with E-state index >= 15 is 0 Å². The van der Waals surface area contributed by atoms with Gasteiger partial charge in [-0.15, -0.1) is 0 Å². The average Bonchev–Trinajstić information content (AvgIpc) is 2.16. The number of hydrogen-bond acceptors (Lipinski definition) is 2. The summed E-state index contributed by atoms with van der Waals surface area (Å²) in [5.41, 5.74) is 0.497. The molecular weight excluding hydrogens is 216 g/mol. The van der Waals surface area contributed by atoms with E-state index in [-0.39, 0.29) is 5.97 Å². The zero-order valence-corrected chi connectivity index (χ0v) is 12.6. The molecule has 0 atom stereocenters. The highest BCUT2D eigenvalue weighted by Gasteiger charge is 2.30. The molecular formula is C13H28O2Si. The highest BCUT2D eigenvalue weighted by molar-refractivity contribution is 6.73. The van der Waals surface area contributed by atoms with E-state index in [0.29, 0.717) is 12.0 Å². The van der Waals surface area contributed by atoms with Gasteiger partial charge in [0.15, 0.2) is 0 Å². The van der Waals surface area contributed by atoms with Crippen LogP contribution in [0.4, 0.5) is 0 Å². The maximum Gasteiger partial charge on any atom is 0.292 e. The van der Waals surface area contributed by atoms with Crippen molar-refractivity contribution in [2.45, 2.75) is 77.9 Å². The summed E-state index contributed by atoms with van der Waals surface area (Å²) >= 11 is 0. The van der Waals surface area contributed by atoms with E-state index in [1.165, 1.54) is 19.3 Å². The van der Waals surface area contributed by atoms with Gasteiger partial charge in [-0.1, -0.05) is 46.5 Å². The van der Waals surface area contributed by atoms with Gasteiger partial charge in [-0.25, -0.2) is 0 Å². The first-order valence-electron chi connectivity index (χ1n) is 6.62. The van der Waals surface area contributed by atoms with Crippen LogP contribution in [0.5, 0.6) is 0 Å². The summed E-state index contributed by atoms with van der Waals surface area (Å²) in [4.78, 5) is 11.6. The summed E-state index contributed by atoms with van der Waals surface area (Å²) in [6.07, 6.45) is 6.52. The monoisotopic (exact) mass is 244 g/mol. The fourth-order valence-corrected chi connectivity index (χ4v) is 2.26. The predicted octanol–water partition coefficient (Wildman–Crippen LogP) is 4.51. The van der Waals surface area contributed by atoms with Gasteiger partial charge in [0.25, 0.3) is 14.3 Å². The third-order valence-electron chi connectivity index (χ3n) is 3.25. The molecule has 0 aromatic carbocycles. The maximum absolute atomic E-state index is 11.6.